The summed E-state index contributed by atoms with van der Waals surface area (Å²) >= 11 is 0. The molecule has 196 valence electrons. The van der Waals surface area contributed by atoms with Crippen LogP contribution < -0.4 is 0 Å². The molecule has 0 heterocycles. The molecule has 4 aliphatic carbocycles. The number of fused-ring (bicyclic) bond motifs is 5. The molecule has 0 bridgehead atoms. The maximum atomic E-state index is 11.9. The number of hydrogen-bond acceptors (Lipinski definition) is 5. The minimum atomic E-state index is -4.11. The van der Waals surface area contributed by atoms with Crippen molar-refractivity contribution in [2.45, 2.75) is 111 Å². The molecule has 0 amide bonds. The van der Waals surface area contributed by atoms with Crippen LogP contribution in [0, 0.1) is 46.3 Å². The lowest BCUT2D eigenvalue weighted by Gasteiger charge is -2.58. The van der Waals surface area contributed by atoms with Crippen LogP contribution in [0.2, 0.25) is 0 Å². The summed E-state index contributed by atoms with van der Waals surface area (Å²) < 4.78 is 33.5. The van der Waals surface area contributed by atoms with E-state index < -0.39 is 10.4 Å². The highest BCUT2D eigenvalue weighted by molar-refractivity contribution is 7.81. The lowest BCUT2D eigenvalue weighted by molar-refractivity contribution is -0.184. The average molecular weight is 497 g/mol. The molecule has 0 saturated heterocycles. The SMILES string of the molecule is COOS(=O)(=O)OC1CC[C@@]2(C)C(=CC[C@H]3[C@@H]4CC[C@H]([C@H](C)CCCC(C)C)C4(C)CC[C@@H]32)C1. The monoisotopic (exact) mass is 496 g/mol. The van der Waals surface area contributed by atoms with Gasteiger partial charge in [0.2, 0.25) is 0 Å². The average Bonchev–Trinajstić information content (AvgIpc) is 3.10. The van der Waals surface area contributed by atoms with E-state index in [-0.39, 0.29) is 11.5 Å². The van der Waals surface area contributed by atoms with Gasteiger partial charge >= 0.3 is 10.4 Å². The van der Waals surface area contributed by atoms with Crippen molar-refractivity contribution in [1.29, 1.82) is 0 Å². The molecule has 8 atom stereocenters. The second kappa shape index (κ2) is 10.1. The first-order chi connectivity index (χ1) is 16.0. The Kier molecular flexibility index (Phi) is 7.94. The Labute approximate surface area is 208 Å². The minimum absolute atomic E-state index is 0.178. The molecule has 0 aromatic heterocycles. The summed E-state index contributed by atoms with van der Waals surface area (Å²) in [5.41, 5.74) is 2.08. The van der Waals surface area contributed by atoms with E-state index in [1.54, 1.807) is 0 Å². The van der Waals surface area contributed by atoms with Crippen molar-refractivity contribution in [1.82, 2.24) is 0 Å². The summed E-state index contributed by atoms with van der Waals surface area (Å²) in [6.07, 6.45) is 15.3. The Morgan fingerprint density at radius 2 is 1.79 bits per heavy atom. The fraction of sp³-hybridized carbons (Fsp3) is 0.929. The maximum absolute atomic E-state index is 11.9. The smallest absolute Gasteiger partial charge is 0.243 e. The van der Waals surface area contributed by atoms with Crippen molar-refractivity contribution >= 4 is 10.4 Å². The van der Waals surface area contributed by atoms with Gasteiger partial charge in [0.05, 0.1) is 13.2 Å². The van der Waals surface area contributed by atoms with E-state index in [0.717, 1.165) is 48.9 Å². The molecule has 3 saturated carbocycles. The topological polar surface area (TPSA) is 61.8 Å². The zero-order valence-corrected chi connectivity index (χ0v) is 23.2. The molecular weight excluding hydrogens is 448 g/mol. The van der Waals surface area contributed by atoms with Crippen LogP contribution in [-0.4, -0.2) is 21.6 Å². The fourth-order valence-electron chi connectivity index (χ4n) is 9.00. The van der Waals surface area contributed by atoms with E-state index in [0.29, 0.717) is 17.8 Å². The quantitative estimate of drug-likeness (QED) is 0.191. The van der Waals surface area contributed by atoms with Crippen LogP contribution in [0.4, 0.5) is 0 Å². The van der Waals surface area contributed by atoms with E-state index in [9.17, 15) is 8.42 Å². The van der Waals surface area contributed by atoms with Crippen LogP contribution in [-0.2, 0) is 23.8 Å². The molecule has 34 heavy (non-hydrogen) atoms. The van der Waals surface area contributed by atoms with E-state index >= 15 is 0 Å². The molecule has 0 aliphatic heterocycles. The van der Waals surface area contributed by atoms with Gasteiger partial charge in [0, 0.05) is 0 Å². The Morgan fingerprint density at radius 3 is 2.50 bits per heavy atom. The van der Waals surface area contributed by atoms with Crippen LogP contribution in [0.25, 0.3) is 0 Å². The van der Waals surface area contributed by atoms with Crippen LogP contribution >= 0.6 is 0 Å². The van der Waals surface area contributed by atoms with Crippen molar-refractivity contribution in [3.8, 4) is 0 Å². The highest BCUT2D eigenvalue weighted by atomic mass is 32.3. The van der Waals surface area contributed by atoms with Gasteiger partial charge in [0.1, 0.15) is 0 Å². The fourth-order valence-corrected chi connectivity index (χ4v) is 9.70. The molecular formula is C28H48O5S. The normalized spacial score (nSPS) is 40.9. The molecule has 0 N–H and O–H groups in total. The summed E-state index contributed by atoms with van der Waals surface area (Å²) in [7, 11) is -2.93. The Balaban J connectivity index is 1.45. The van der Waals surface area contributed by atoms with E-state index in [1.165, 1.54) is 57.6 Å². The molecule has 4 rings (SSSR count). The Morgan fingerprint density at radius 1 is 1.03 bits per heavy atom. The van der Waals surface area contributed by atoms with Crippen molar-refractivity contribution in [2.24, 2.45) is 46.3 Å². The van der Waals surface area contributed by atoms with Gasteiger partial charge in [-0.1, -0.05) is 69.9 Å². The van der Waals surface area contributed by atoms with Crippen LogP contribution in [0.1, 0.15) is 105 Å². The van der Waals surface area contributed by atoms with Gasteiger partial charge in [-0.15, -0.1) is 0 Å². The van der Waals surface area contributed by atoms with Crippen molar-refractivity contribution in [3.63, 3.8) is 0 Å². The highest BCUT2D eigenvalue weighted by Gasteiger charge is 2.59. The van der Waals surface area contributed by atoms with Gasteiger partial charge in [-0.25, -0.2) is 9.07 Å². The van der Waals surface area contributed by atoms with Gasteiger partial charge in [-0.05, 0) is 97.7 Å². The van der Waals surface area contributed by atoms with Crippen LogP contribution in [0.15, 0.2) is 11.6 Å². The second-order valence-electron chi connectivity index (χ2n) is 12.9. The third-order valence-corrected chi connectivity index (χ3v) is 11.5. The second-order valence-corrected chi connectivity index (χ2v) is 14.0. The van der Waals surface area contributed by atoms with Crippen LogP contribution in [0.3, 0.4) is 0 Å². The first-order valence-electron chi connectivity index (χ1n) is 13.8. The molecule has 4 aliphatic rings. The Hall–Kier alpha value is -0.430. The predicted molar refractivity (Wildman–Crippen MR) is 135 cm³/mol. The molecule has 0 aromatic carbocycles. The van der Waals surface area contributed by atoms with Crippen LogP contribution in [0.5, 0.6) is 0 Å². The molecule has 0 radical (unpaired) electrons. The third-order valence-electron chi connectivity index (χ3n) is 10.7. The molecule has 0 aromatic rings. The van der Waals surface area contributed by atoms with Gasteiger partial charge < -0.3 is 0 Å². The largest absolute Gasteiger partial charge is 0.426 e. The predicted octanol–water partition coefficient (Wildman–Crippen LogP) is 7.24. The van der Waals surface area contributed by atoms with Crippen molar-refractivity contribution in [3.05, 3.63) is 11.6 Å². The molecule has 6 heteroatoms. The highest BCUT2D eigenvalue weighted by Crippen LogP contribution is 2.67. The number of hydrogen-bond donors (Lipinski definition) is 0. The van der Waals surface area contributed by atoms with Gasteiger partial charge in [-0.2, -0.15) is 8.42 Å². The first kappa shape index (κ1) is 26.6. The van der Waals surface area contributed by atoms with E-state index in [4.69, 9.17) is 4.18 Å². The van der Waals surface area contributed by atoms with Crippen molar-refractivity contribution in [2.75, 3.05) is 7.11 Å². The summed E-state index contributed by atoms with van der Waals surface area (Å²) in [5, 5.41) is 0. The Bertz CT molecular complexity index is 851. The minimum Gasteiger partial charge on any atom is -0.243 e. The lowest BCUT2D eigenvalue weighted by atomic mass is 9.47. The summed E-state index contributed by atoms with van der Waals surface area (Å²) in [5.74, 6) is 4.85. The van der Waals surface area contributed by atoms with Gasteiger partial charge in [0.25, 0.3) is 0 Å². The summed E-state index contributed by atoms with van der Waals surface area (Å²) in [6.45, 7) is 12.3. The lowest BCUT2D eigenvalue weighted by Crippen LogP contribution is -2.51. The maximum Gasteiger partial charge on any atom is 0.426 e. The van der Waals surface area contributed by atoms with E-state index in [2.05, 4.69) is 49.9 Å². The van der Waals surface area contributed by atoms with Crippen molar-refractivity contribution < 1.29 is 21.8 Å². The molecule has 0 spiro atoms. The summed E-state index contributed by atoms with van der Waals surface area (Å²) in [6, 6.07) is 0. The number of rotatable bonds is 9. The molecule has 5 nitrogen and oxygen atoms in total. The zero-order chi connectivity index (χ0) is 24.7. The van der Waals surface area contributed by atoms with Gasteiger partial charge in [-0.3, -0.25) is 0 Å². The standard InChI is InChI=1S/C28H48O5S/c1-19(2)8-7-9-20(3)24-12-13-25-23-11-10-21-18-22(32-34(29,30)33-31-6)14-16-27(21,4)26(23)15-17-28(24,25)5/h10,19-20,22-26H,7-9,11-18H2,1-6H3/t20-,22?,23+,24-,25+,26+,27+,28?/m1/s1. The van der Waals surface area contributed by atoms with Gasteiger partial charge in [0.15, 0.2) is 0 Å². The summed E-state index contributed by atoms with van der Waals surface area (Å²) in [4.78, 5) is 4.32. The first-order valence-corrected chi connectivity index (χ1v) is 15.2. The molecule has 3 fully saturated rings. The number of allylic oxidation sites excluding steroid dienone is 1. The molecule has 2 unspecified atom stereocenters. The zero-order valence-electron chi connectivity index (χ0n) is 22.3. The third kappa shape index (κ3) is 5.03. The van der Waals surface area contributed by atoms with E-state index in [1.807, 2.05) is 0 Å².